The number of sulfone groups is 1. The average molecular weight is 234 g/mol. The summed E-state index contributed by atoms with van der Waals surface area (Å²) in [5.41, 5.74) is 0.0208. The average Bonchev–Trinajstić information content (AvgIpc) is 2.55. The van der Waals surface area contributed by atoms with Crippen LogP contribution in [0.1, 0.15) is 20.8 Å². The maximum atomic E-state index is 11.9. The van der Waals surface area contributed by atoms with Gasteiger partial charge in [-0.25, -0.2) is 8.42 Å². The highest BCUT2D eigenvalue weighted by Crippen LogP contribution is 2.52. The zero-order valence-corrected chi connectivity index (χ0v) is 10.6. The van der Waals surface area contributed by atoms with Gasteiger partial charge in [0.2, 0.25) is 0 Å². The van der Waals surface area contributed by atoms with Crippen molar-refractivity contribution in [3.63, 3.8) is 0 Å². The van der Waals surface area contributed by atoms with Crippen LogP contribution in [0.25, 0.3) is 0 Å². The van der Waals surface area contributed by atoms with Crippen molar-refractivity contribution in [2.24, 2.45) is 17.3 Å². The van der Waals surface area contributed by atoms with Crippen LogP contribution in [-0.2, 0) is 9.84 Å². The van der Waals surface area contributed by atoms with Gasteiger partial charge in [-0.15, -0.1) is 0 Å². The van der Waals surface area contributed by atoms with Gasteiger partial charge in [0, 0.05) is 5.75 Å². The summed E-state index contributed by atoms with van der Waals surface area (Å²) in [5.74, 6) is 3.14. The molecule has 2 nitrogen and oxygen atoms in total. The summed E-state index contributed by atoms with van der Waals surface area (Å²) in [5, 5.41) is -0.0418. The predicted octanol–water partition coefficient (Wildman–Crippen LogP) is 1.81. The van der Waals surface area contributed by atoms with Crippen LogP contribution in [0.4, 0.5) is 0 Å². The van der Waals surface area contributed by atoms with Gasteiger partial charge in [-0.3, -0.25) is 0 Å². The second-order valence-electron chi connectivity index (χ2n) is 5.15. The lowest BCUT2D eigenvalue weighted by molar-refractivity contribution is 0.181. The van der Waals surface area contributed by atoms with Crippen molar-refractivity contribution in [2.45, 2.75) is 26.0 Å². The third-order valence-corrected chi connectivity index (χ3v) is 8.01. The van der Waals surface area contributed by atoms with Gasteiger partial charge in [-0.2, -0.15) is 11.8 Å². The van der Waals surface area contributed by atoms with E-state index in [2.05, 4.69) is 20.8 Å². The monoisotopic (exact) mass is 234 g/mol. The fraction of sp³-hybridized carbons (Fsp3) is 1.00. The van der Waals surface area contributed by atoms with Crippen LogP contribution in [0.5, 0.6) is 0 Å². The molecule has 2 rings (SSSR count). The molecular weight excluding hydrogens is 216 g/mol. The van der Waals surface area contributed by atoms with Gasteiger partial charge < -0.3 is 0 Å². The molecule has 4 heteroatoms. The summed E-state index contributed by atoms with van der Waals surface area (Å²) in [6.07, 6.45) is 0. The van der Waals surface area contributed by atoms with Crippen LogP contribution in [0.3, 0.4) is 0 Å². The van der Waals surface area contributed by atoms with Crippen molar-refractivity contribution in [3.8, 4) is 0 Å². The van der Waals surface area contributed by atoms with Crippen LogP contribution in [0.15, 0.2) is 0 Å². The molecule has 2 aliphatic heterocycles. The lowest BCUT2D eigenvalue weighted by Crippen LogP contribution is -2.33. The summed E-state index contributed by atoms with van der Waals surface area (Å²) in [4.78, 5) is 0. The van der Waals surface area contributed by atoms with Crippen LogP contribution in [-0.4, -0.2) is 30.9 Å². The molecule has 0 saturated carbocycles. The van der Waals surface area contributed by atoms with E-state index in [4.69, 9.17) is 0 Å². The summed E-state index contributed by atoms with van der Waals surface area (Å²) in [7, 11) is -2.80. The molecule has 82 valence electrons. The summed E-state index contributed by atoms with van der Waals surface area (Å²) in [6.45, 7) is 6.47. The SMILES string of the molecule is CC(C)C1(C)CS(=O)(=O)C2CSCC21. The molecule has 2 aliphatic rings. The fourth-order valence-corrected chi connectivity index (χ4v) is 7.99. The molecule has 0 aromatic carbocycles. The Labute approximate surface area is 90.8 Å². The number of hydrogen-bond donors (Lipinski definition) is 0. The second kappa shape index (κ2) is 3.14. The Balaban J connectivity index is 2.41. The first-order chi connectivity index (χ1) is 6.38. The first kappa shape index (κ1) is 10.8. The van der Waals surface area contributed by atoms with E-state index in [0.29, 0.717) is 17.6 Å². The van der Waals surface area contributed by atoms with Crippen molar-refractivity contribution in [2.75, 3.05) is 17.3 Å². The number of thioether (sulfide) groups is 1. The third-order valence-electron chi connectivity index (χ3n) is 4.17. The minimum absolute atomic E-state index is 0.0208. The van der Waals surface area contributed by atoms with Crippen LogP contribution in [0.2, 0.25) is 0 Å². The van der Waals surface area contributed by atoms with Gasteiger partial charge in [-0.05, 0) is 23.0 Å². The van der Waals surface area contributed by atoms with Gasteiger partial charge in [0.05, 0.1) is 11.0 Å². The molecule has 0 bridgehead atoms. The Morgan fingerprint density at radius 2 is 2.00 bits per heavy atom. The fourth-order valence-electron chi connectivity index (χ4n) is 2.75. The van der Waals surface area contributed by atoms with Crippen molar-refractivity contribution in [1.82, 2.24) is 0 Å². The second-order valence-corrected chi connectivity index (χ2v) is 8.44. The molecule has 0 radical (unpaired) electrons. The first-order valence-corrected chi connectivity index (χ1v) is 8.04. The van der Waals surface area contributed by atoms with E-state index in [1.54, 1.807) is 0 Å². The number of fused-ring (bicyclic) bond motifs is 1. The molecule has 2 saturated heterocycles. The zero-order chi connectivity index (χ0) is 10.6. The zero-order valence-electron chi connectivity index (χ0n) is 8.99. The van der Waals surface area contributed by atoms with E-state index in [9.17, 15) is 8.42 Å². The molecular formula is C10H18O2S2. The lowest BCUT2D eigenvalue weighted by Gasteiger charge is -2.33. The van der Waals surface area contributed by atoms with Gasteiger partial charge in [0.1, 0.15) is 0 Å². The number of hydrogen-bond acceptors (Lipinski definition) is 3. The summed E-state index contributed by atoms with van der Waals surface area (Å²) < 4.78 is 23.9. The normalized spacial score (nSPS) is 45.7. The Bertz CT molecular complexity index is 334. The van der Waals surface area contributed by atoms with Crippen LogP contribution < -0.4 is 0 Å². The molecule has 0 N–H and O–H groups in total. The van der Waals surface area contributed by atoms with E-state index >= 15 is 0 Å². The molecule has 2 fully saturated rings. The van der Waals surface area contributed by atoms with Crippen molar-refractivity contribution in [3.05, 3.63) is 0 Å². The smallest absolute Gasteiger partial charge is 0.154 e. The van der Waals surface area contributed by atoms with Crippen molar-refractivity contribution in [1.29, 1.82) is 0 Å². The highest BCUT2D eigenvalue weighted by molar-refractivity contribution is 8.01. The van der Waals surface area contributed by atoms with Crippen LogP contribution in [0, 0.1) is 17.3 Å². The number of rotatable bonds is 1. The molecule has 2 heterocycles. The van der Waals surface area contributed by atoms with Gasteiger partial charge in [-0.1, -0.05) is 20.8 Å². The molecule has 0 spiro atoms. The maximum Gasteiger partial charge on any atom is 0.154 e. The molecule has 3 atom stereocenters. The van der Waals surface area contributed by atoms with Gasteiger partial charge in [0.15, 0.2) is 9.84 Å². The van der Waals surface area contributed by atoms with E-state index in [-0.39, 0.29) is 10.7 Å². The van der Waals surface area contributed by atoms with Crippen molar-refractivity contribution >= 4 is 21.6 Å². The largest absolute Gasteiger partial charge is 0.228 e. The molecule has 0 aliphatic carbocycles. The molecule has 0 amide bonds. The van der Waals surface area contributed by atoms with E-state index < -0.39 is 9.84 Å². The van der Waals surface area contributed by atoms with E-state index in [1.807, 2.05) is 11.8 Å². The molecule has 0 aromatic rings. The standard InChI is InChI=1S/C10H18O2S2/c1-7(2)10(3)6-14(11,12)9-5-13-4-8(9)10/h7-9H,4-6H2,1-3H3. The lowest BCUT2D eigenvalue weighted by atomic mass is 9.70. The quantitative estimate of drug-likeness (QED) is 0.694. The van der Waals surface area contributed by atoms with E-state index in [0.717, 1.165) is 11.5 Å². The maximum absolute atomic E-state index is 11.9. The summed E-state index contributed by atoms with van der Waals surface area (Å²) in [6, 6.07) is 0. The Kier molecular flexibility index (Phi) is 2.43. The van der Waals surface area contributed by atoms with E-state index in [1.165, 1.54) is 0 Å². The molecule has 14 heavy (non-hydrogen) atoms. The topological polar surface area (TPSA) is 34.1 Å². The first-order valence-electron chi connectivity index (χ1n) is 5.17. The predicted molar refractivity (Wildman–Crippen MR) is 61.3 cm³/mol. The third kappa shape index (κ3) is 1.33. The Morgan fingerprint density at radius 1 is 1.36 bits per heavy atom. The highest BCUT2D eigenvalue weighted by atomic mass is 32.2. The molecule has 0 aromatic heterocycles. The summed E-state index contributed by atoms with van der Waals surface area (Å²) >= 11 is 1.81. The van der Waals surface area contributed by atoms with Crippen molar-refractivity contribution < 1.29 is 8.42 Å². The Hall–Kier alpha value is 0.300. The minimum Gasteiger partial charge on any atom is -0.228 e. The highest BCUT2D eigenvalue weighted by Gasteiger charge is 2.57. The van der Waals surface area contributed by atoms with Gasteiger partial charge in [0.25, 0.3) is 0 Å². The molecule has 3 unspecified atom stereocenters. The van der Waals surface area contributed by atoms with Crippen LogP contribution >= 0.6 is 11.8 Å². The minimum atomic E-state index is -2.80. The Morgan fingerprint density at radius 3 is 2.57 bits per heavy atom. The van der Waals surface area contributed by atoms with Gasteiger partial charge >= 0.3 is 0 Å².